The van der Waals surface area contributed by atoms with Crippen molar-refractivity contribution in [3.05, 3.63) is 35.9 Å². The maximum absolute atomic E-state index is 11.8. The maximum atomic E-state index is 11.8. The number of ether oxygens (including phenoxy) is 1. The minimum Gasteiger partial charge on any atom is -0.356 e. The topological polar surface area (TPSA) is 91.3 Å². The van der Waals surface area contributed by atoms with E-state index in [-0.39, 0.29) is 6.42 Å². The lowest BCUT2D eigenvalue weighted by molar-refractivity contribution is -0.283. The molecule has 1 atom stereocenters. The van der Waals surface area contributed by atoms with Crippen molar-refractivity contribution < 1.29 is 34.2 Å². The zero-order valence-corrected chi connectivity index (χ0v) is 10.5. The molecule has 0 saturated heterocycles. The summed E-state index contributed by atoms with van der Waals surface area (Å²) in [4.78, 5) is 35.6. The molecular weight excluding hydrogens is 256 g/mol. The molecule has 0 amide bonds. The summed E-state index contributed by atoms with van der Waals surface area (Å²) in [5.41, 5.74) is -1.52. The molecule has 0 fully saturated rings. The molecule has 19 heavy (non-hydrogen) atoms. The highest BCUT2D eigenvalue weighted by molar-refractivity contribution is 6.03. The second-order valence-corrected chi connectivity index (χ2v) is 3.61. The van der Waals surface area contributed by atoms with Crippen molar-refractivity contribution in [2.45, 2.75) is 12.0 Å². The molecule has 0 aromatic heterocycles. The molecule has 1 N–H and O–H groups in total. The van der Waals surface area contributed by atoms with Crippen LogP contribution in [0.4, 0.5) is 0 Å². The first-order valence-electron chi connectivity index (χ1n) is 5.30. The molecule has 0 heterocycles. The largest absolute Gasteiger partial charge is 0.385 e. The van der Waals surface area contributed by atoms with Crippen molar-refractivity contribution >= 4 is 11.9 Å². The molecule has 0 aliphatic heterocycles. The molecule has 104 valence electrons. The van der Waals surface area contributed by atoms with Gasteiger partial charge in [0.1, 0.15) is 0 Å². The smallest absolute Gasteiger partial charge is 0.356 e. The predicted octanol–water partition coefficient (Wildman–Crippen LogP) is 0.735. The molecule has 1 aromatic carbocycles. The number of carbonyl (C=O) groups is 2. The van der Waals surface area contributed by atoms with Gasteiger partial charge in [0.15, 0.2) is 0 Å². The van der Waals surface area contributed by atoms with Crippen LogP contribution < -0.4 is 0 Å². The highest BCUT2D eigenvalue weighted by atomic mass is 17.2. The summed E-state index contributed by atoms with van der Waals surface area (Å²) in [6.07, 6.45) is -0.175. The van der Waals surface area contributed by atoms with Crippen molar-refractivity contribution in [1.29, 1.82) is 0 Å². The van der Waals surface area contributed by atoms with Gasteiger partial charge < -0.3 is 4.74 Å². The lowest BCUT2D eigenvalue weighted by Crippen LogP contribution is -2.52. The van der Waals surface area contributed by atoms with Gasteiger partial charge in [-0.05, 0) is 5.56 Å². The van der Waals surface area contributed by atoms with E-state index in [2.05, 4.69) is 14.7 Å². The van der Waals surface area contributed by atoms with E-state index in [4.69, 9.17) is 9.99 Å². The first kappa shape index (κ1) is 15.1. The number of benzene rings is 1. The minimum atomic E-state index is -2.13. The summed E-state index contributed by atoms with van der Waals surface area (Å²) in [5, 5.41) is 8.52. The fraction of sp³-hybridized carbons (Fsp3) is 0.333. The van der Waals surface area contributed by atoms with Crippen LogP contribution in [0.2, 0.25) is 0 Å². The molecule has 0 spiro atoms. The number of rotatable bonds is 6. The average molecular weight is 270 g/mol. The van der Waals surface area contributed by atoms with Gasteiger partial charge >= 0.3 is 11.9 Å². The van der Waals surface area contributed by atoms with Crippen LogP contribution >= 0.6 is 0 Å². The molecular formula is C12H14O7. The second-order valence-electron chi connectivity index (χ2n) is 3.61. The SMILES string of the molecule is COOC(=O)C(Cc1ccccc1)(OC)C(=O)OO. The zero-order chi connectivity index (χ0) is 14.3. The van der Waals surface area contributed by atoms with Crippen LogP contribution in [0.1, 0.15) is 5.56 Å². The van der Waals surface area contributed by atoms with Gasteiger partial charge in [-0.3, -0.25) is 9.78 Å². The molecule has 0 saturated carbocycles. The molecule has 0 aliphatic carbocycles. The van der Waals surface area contributed by atoms with Crippen LogP contribution in [0.5, 0.6) is 0 Å². The van der Waals surface area contributed by atoms with Gasteiger partial charge in [-0.15, -0.1) is 0 Å². The normalized spacial score (nSPS) is 13.4. The Morgan fingerprint density at radius 2 is 1.79 bits per heavy atom. The van der Waals surface area contributed by atoms with Crippen molar-refractivity contribution in [2.24, 2.45) is 0 Å². The molecule has 0 radical (unpaired) electrons. The van der Waals surface area contributed by atoms with E-state index in [1.54, 1.807) is 30.3 Å². The monoisotopic (exact) mass is 270 g/mol. The summed E-state index contributed by atoms with van der Waals surface area (Å²) in [5.74, 6) is -2.42. The Bertz CT molecular complexity index is 431. The summed E-state index contributed by atoms with van der Waals surface area (Å²) in [7, 11) is 2.22. The highest BCUT2D eigenvalue weighted by Gasteiger charge is 2.51. The van der Waals surface area contributed by atoms with Gasteiger partial charge in [-0.2, -0.15) is 10.1 Å². The van der Waals surface area contributed by atoms with E-state index < -0.39 is 17.5 Å². The molecule has 7 heteroatoms. The van der Waals surface area contributed by atoms with E-state index in [1.165, 1.54) is 0 Å². The molecule has 1 rings (SSSR count). The summed E-state index contributed by atoms with van der Waals surface area (Å²) in [6.45, 7) is 0. The quantitative estimate of drug-likeness (QED) is 0.463. The van der Waals surface area contributed by atoms with E-state index in [0.717, 1.165) is 14.2 Å². The van der Waals surface area contributed by atoms with E-state index in [0.29, 0.717) is 5.56 Å². The summed E-state index contributed by atoms with van der Waals surface area (Å²) in [6, 6.07) is 8.58. The molecule has 0 aliphatic rings. The Kier molecular flexibility index (Phi) is 5.43. The van der Waals surface area contributed by atoms with Crippen LogP contribution in [0.25, 0.3) is 0 Å². The average Bonchev–Trinajstić information content (AvgIpc) is 2.45. The third-order valence-electron chi connectivity index (χ3n) is 2.55. The van der Waals surface area contributed by atoms with Gasteiger partial charge in [-0.1, -0.05) is 30.3 Å². The van der Waals surface area contributed by atoms with Crippen molar-refractivity contribution in [3.8, 4) is 0 Å². The zero-order valence-electron chi connectivity index (χ0n) is 10.5. The third-order valence-corrected chi connectivity index (χ3v) is 2.55. The standard InChI is InChI=1S/C12H14O7/c1-16-12(10(13)18-15,11(14)19-17-2)8-9-6-4-3-5-7-9/h3-7,15H,8H2,1-2H3. The van der Waals surface area contributed by atoms with Crippen LogP contribution in [0.3, 0.4) is 0 Å². The van der Waals surface area contributed by atoms with Crippen LogP contribution in [-0.2, 0) is 35.4 Å². The second kappa shape index (κ2) is 6.83. The van der Waals surface area contributed by atoms with E-state index in [1.807, 2.05) is 0 Å². The number of carbonyl (C=O) groups excluding carboxylic acids is 2. The van der Waals surface area contributed by atoms with Crippen LogP contribution in [0.15, 0.2) is 30.3 Å². The minimum absolute atomic E-state index is 0.175. The molecule has 7 nitrogen and oxygen atoms in total. The van der Waals surface area contributed by atoms with Crippen molar-refractivity contribution in [2.75, 3.05) is 14.2 Å². The van der Waals surface area contributed by atoms with Crippen molar-refractivity contribution in [3.63, 3.8) is 0 Å². The molecule has 0 bridgehead atoms. The first-order valence-corrected chi connectivity index (χ1v) is 5.30. The lowest BCUT2D eigenvalue weighted by atomic mass is 9.94. The van der Waals surface area contributed by atoms with Gasteiger partial charge in [0.2, 0.25) is 0 Å². The molecule has 1 unspecified atom stereocenters. The fourth-order valence-electron chi connectivity index (χ4n) is 1.57. The Morgan fingerprint density at radius 3 is 2.26 bits per heavy atom. The highest BCUT2D eigenvalue weighted by Crippen LogP contribution is 2.21. The van der Waals surface area contributed by atoms with Crippen molar-refractivity contribution in [1.82, 2.24) is 0 Å². The van der Waals surface area contributed by atoms with Crippen LogP contribution in [0, 0.1) is 0 Å². The Labute approximate surface area is 109 Å². The number of hydrogen-bond acceptors (Lipinski definition) is 7. The van der Waals surface area contributed by atoms with E-state index >= 15 is 0 Å². The van der Waals surface area contributed by atoms with Gasteiger partial charge in [0.05, 0.1) is 7.11 Å². The number of methoxy groups -OCH3 is 1. The number of hydrogen-bond donors (Lipinski definition) is 1. The van der Waals surface area contributed by atoms with Crippen LogP contribution in [-0.4, -0.2) is 37.0 Å². The Morgan fingerprint density at radius 1 is 1.16 bits per heavy atom. The molecule has 1 aromatic rings. The predicted molar refractivity (Wildman–Crippen MR) is 61.7 cm³/mol. The third kappa shape index (κ3) is 3.28. The summed E-state index contributed by atoms with van der Waals surface area (Å²) < 4.78 is 4.92. The van der Waals surface area contributed by atoms with Gasteiger partial charge in [0, 0.05) is 13.5 Å². The fourth-order valence-corrected chi connectivity index (χ4v) is 1.57. The lowest BCUT2D eigenvalue weighted by Gasteiger charge is -2.25. The summed E-state index contributed by atoms with van der Waals surface area (Å²) >= 11 is 0. The Hall–Kier alpha value is -1.96. The first-order chi connectivity index (χ1) is 9.10. The van der Waals surface area contributed by atoms with Gasteiger partial charge in [-0.25, -0.2) is 9.59 Å². The van der Waals surface area contributed by atoms with E-state index in [9.17, 15) is 9.59 Å². The Balaban J connectivity index is 3.10. The van der Waals surface area contributed by atoms with Gasteiger partial charge in [0.25, 0.3) is 5.60 Å². The maximum Gasteiger partial charge on any atom is 0.385 e.